The molecule has 0 fully saturated rings. The molecule has 0 unspecified atom stereocenters. The first kappa shape index (κ1) is 10.2. The summed E-state index contributed by atoms with van der Waals surface area (Å²) in [6.07, 6.45) is 0. The minimum atomic E-state index is 0.445. The lowest BCUT2D eigenvalue weighted by molar-refractivity contribution is 0.472. The molecule has 1 N–H and O–H groups in total. The van der Waals surface area contributed by atoms with Crippen molar-refractivity contribution in [3.8, 4) is 0 Å². The van der Waals surface area contributed by atoms with Gasteiger partial charge in [0, 0.05) is 6.04 Å². The highest BCUT2D eigenvalue weighted by atomic mass is 16.3. The van der Waals surface area contributed by atoms with Crippen molar-refractivity contribution in [1.82, 2.24) is 10.3 Å². The van der Waals surface area contributed by atoms with E-state index >= 15 is 0 Å². The largest absolute Gasteiger partial charge is 0.439 e. The molecule has 1 heterocycles. The van der Waals surface area contributed by atoms with Gasteiger partial charge in [-0.05, 0) is 18.6 Å². The summed E-state index contributed by atoms with van der Waals surface area (Å²) in [5, 5.41) is 3.29. The van der Waals surface area contributed by atoms with Crippen molar-refractivity contribution in [2.24, 2.45) is 0 Å². The molecule has 0 amide bonds. The van der Waals surface area contributed by atoms with Crippen LogP contribution in [0.5, 0.6) is 0 Å². The minimum absolute atomic E-state index is 0.445. The Kier molecular flexibility index (Phi) is 2.73. The zero-order valence-corrected chi connectivity index (χ0v) is 9.37. The molecule has 0 aliphatic heterocycles. The SMILES string of the molecule is Cc1cccc2oc(CNC(C)C)nc12. The van der Waals surface area contributed by atoms with E-state index in [4.69, 9.17) is 4.42 Å². The Hall–Kier alpha value is -1.35. The smallest absolute Gasteiger partial charge is 0.209 e. The molecule has 3 heteroatoms. The van der Waals surface area contributed by atoms with Crippen LogP contribution < -0.4 is 5.32 Å². The van der Waals surface area contributed by atoms with Crippen LogP contribution in [-0.2, 0) is 6.54 Å². The van der Waals surface area contributed by atoms with E-state index in [-0.39, 0.29) is 0 Å². The van der Waals surface area contributed by atoms with Crippen LogP contribution in [0.1, 0.15) is 25.3 Å². The first-order chi connectivity index (χ1) is 7.16. The molecule has 0 spiro atoms. The number of aromatic nitrogens is 1. The predicted octanol–water partition coefficient (Wildman–Crippen LogP) is 2.63. The fourth-order valence-corrected chi connectivity index (χ4v) is 1.50. The molecule has 0 saturated carbocycles. The number of hydrogen-bond donors (Lipinski definition) is 1. The second-order valence-corrected chi connectivity index (χ2v) is 4.06. The maximum atomic E-state index is 5.63. The minimum Gasteiger partial charge on any atom is -0.439 e. The normalized spacial score (nSPS) is 11.5. The molecular weight excluding hydrogens is 188 g/mol. The maximum absolute atomic E-state index is 5.63. The summed E-state index contributed by atoms with van der Waals surface area (Å²) < 4.78 is 5.63. The molecule has 3 nitrogen and oxygen atoms in total. The van der Waals surface area contributed by atoms with Gasteiger partial charge in [0.05, 0.1) is 6.54 Å². The summed E-state index contributed by atoms with van der Waals surface area (Å²) in [6, 6.07) is 6.43. The maximum Gasteiger partial charge on any atom is 0.209 e. The van der Waals surface area contributed by atoms with E-state index in [1.165, 1.54) is 0 Å². The van der Waals surface area contributed by atoms with E-state index in [1.807, 2.05) is 25.1 Å². The number of rotatable bonds is 3. The van der Waals surface area contributed by atoms with E-state index in [0.29, 0.717) is 12.6 Å². The Labute approximate surface area is 89.5 Å². The van der Waals surface area contributed by atoms with E-state index in [9.17, 15) is 0 Å². The lowest BCUT2D eigenvalue weighted by Crippen LogP contribution is -2.21. The Morgan fingerprint density at radius 2 is 2.20 bits per heavy atom. The van der Waals surface area contributed by atoms with Gasteiger partial charge in [-0.2, -0.15) is 0 Å². The van der Waals surface area contributed by atoms with Crippen LogP contribution in [0.15, 0.2) is 22.6 Å². The van der Waals surface area contributed by atoms with Gasteiger partial charge in [0.2, 0.25) is 5.89 Å². The van der Waals surface area contributed by atoms with Gasteiger partial charge < -0.3 is 9.73 Å². The number of nitrogens with one attached hydrogen (secondary N) is 1. The monoisotopic (exact) mass is 204 g/mol. The van der Waals surface area contributed by atoms with Gasteiger partial charge in [-0.1, -0.05) is 26.0 Å². The highest BCUT2D eigenvalue weighted by molar-refractivity contribution is 5.76. The Bertz CT molecular complexity index is 460. The van der Waals surface area contributed by atoms with Crippen molar-refractivity contribution < 1.29 is 4.42 Å². The molecular formula is C12H16N2O. The fourth-order valence-electron chi connectivity index (χ4n) is 1.50. The third kappa shape index (κ3) is 2.18. The molecule has 1 aromatic heterocycles. The number of nitrogens with zero attached hydrogens (tertiary/aromatic N) is 1. The van der Waals surface area contributed by atoms with Gasteiger partial charge in [-0.15, -0.1) is 0 Å². The molecule has 2 rings (SSSR count). The van der Waals surface area contributed by atoms with Crippen LogP contribution in [0, 0.1) is 6.92 Å². The summed E-state index contributed by atoms with van der Waals surface area (Å²) in [6.45, 7) is 6.94. The van der Waals surface area contributed by atoms with Crippen molar-refractivity contribution in [3.05, 3.63) is 29.7 Å². The lowest BCUT2D eigenvalue weighted by atomic mass is 10.2. The number of hydrogen-bond acceptors (Lipinski definition) is 3. The average Bonchev–Trinajstić information content (AvgIpc) is 2.59. The van der Waals surface area contributed by atoms with E-state index < -0.39 is 0 Å². The van der Waals surface area contributed by atoms with Crippen LogP contribution in [0.4, 0.5) is 0 Å². The molecule has 2 aromatic rings. The first-order valence-electron chi connectivity index (χ1n) is 5.25. The third-order valence-corrected chi connectivity index (χ3v) is 2.33. The molecule has 0 aliphatic rings. The third-order valence-electron chi connectivity index (χ3n) is 2.33. The summed E-state index contributed by atoms with van der Waals surface area (Å²) in [4.78, 5) is 4.46. The number of fused-ring (bicyclic) bond motifs is 1. The van der Waals surface area contributed by atoms with Crippen molar-refractivity contribution in [2.75, 3.05) is 0 Å². The predicted molar refractivity (Wildman–Crippen MR) is 60.7 cm³/mol. The molecule has 0 radical (unpaired) electrons. The summed E-state index contributed by atoms with van der Waals surface area (Å²) in [5.41, 5.74) is 3.00. The van der Waals surface area contributed by atoms with Crippen LogP contribution in [0.2, 0.25) is 0 Å². The second-order valence-electron chi connectivity index (χ2n) is 4.06. The molecule has 0 bridgehead atoms. The molecule has 1 aromatic carbocycles. The summed E-state index contributed by atoms with van der Waals surface area (Å²) in [7, 11) is 0. The van der Waals surface area contributed by atoms with Crippen molar-refractivity contribution in [3.63, 3.8) is 0 Å². The van der Waals surface area contributed by atoms with Crippen LogP contribution in [0.3, 0.4) is 0 Å². The lowest BCUT2D eigenvalue weighted by Gasteiger charge is -2.03. The van der Waals surface area contributed by atoms with E-state index in [2.05, 4.69) is 24.1 Å². The summed E-state index contributed by atoms with van der Waals surface area (Å²) >= 11 is 0. The zero-order valence-electron chi connectivity index (χ0n) is 9.37. The van der Waals surface area contributed by atoms with Crippen molar-refractivity contribution >= 4 is 11.1 Å². The highest BCUT2D eigenvalue weighted by Crippen LogP contribution is 2.18. The average molecular weight is 204 g/mol. The van der Waals surface area contributed by atoms with Crippen LogP contribution in [0.25, 0.3) is 11.1 Å². The standard InChI is InChI=1S/C12H16N2O/c1-8(2)13-7-11-14-12-9(3)5-4-6-10(12)15-11/h4-6,8,13H,7H2,1-3H3. The number of para-hydroxylation sites is 1. The van der Waals surface area contributed by atoms with Gasteiger partial charge in [0.15, 0.2) is 5.58 Å². The molecule has 15 heavy (non-hydrogen) atoms. The number of benzene rings is 1. The van der Waals surface area contributed by atoms with E-state index in [1.54, 1.807) is 0 Å². The molecule has 80 valence electrons. The van der Waals surface area contributed by atoms with Crippen LogP contribution >= 0.6 is 0 Å². The summed E-state index contributed by atoms with van der Waals surface area (Å²) in [5.74, 6) is 0.757. The number of oxazole rings is 1. The van der Waals surface area contributed by atoms with Gasteiger partial charge in [0.25, 0.3) is 0 Å². The van der Waals surface area contributed by atoms with Crippen molar-refractivity contribution in [2.45, 2.75) is 33.4 Å². The molecule has 0 aliphatic carbocycles. The Morgan fingerprint density at radius 1 is 1.40 bits per heavy atom. The van der Waals surface area contributed by atoms with Crippen molar-refractivity contribution in [1.29, 1.82) is 0 Å². The van der Waals surface area contributed by atoms with Gasteiger partial charge in [-0.25, -0.2) is 4.98 Å². The Balaban J connectivity index is 2.27. The second kappa shape index (κ2) is 4.03. The quantitative estimate of drug-likeness (QED) is 0.835. The zero-order chi connectivity index (χ0) is 10.8. The fraction of sp³-hybridized carbons (Fsp3) is 0.417. The Morgan fingerprint density at radius 3 is 2.87 bits per heavy atom. The molecule has 0 atom stereocenters. The number of aryl methyl sites for hydroxylation is 1. The molecule has 0 saturated heterocycles. The first-order valence-corrected chi connectivity index (χ1v) is 5.25. The highest BCUT2D eigenvalue weighted by Gasteiger charge is 2.07. The topological polar surface area (TPSA) is 38.1 Å². The van der Waals surface area contributed by atoms with E-state index in [0.717, 1.165) is 22.6 Å². The van der Waals surface area contributed by atoms with Crippen LogP contribution in [-0.4, -0.2) is 11.0 Å². The van der Waals surface area contributed by atoms with Gasteiger partial charge in [-0.3, -0.25) is 0 Å². The van der Waals surface area contributed by atoms with Gasteiger partial charge >= 0.3 is 0 Å². The van der Waals surface area contributed by atoms with Gasteiger partial charge in [0.1, 0.15) is 5.52 Å².